The summed E-state index contributed by atoms with van der Waals surface area (Å²) in [5.41, 5.74) is 3.66. The number of hydrazone groups is 1. The number of rotatable bonds is 4. The second-order valence-electron chi connectivity index (χ2n) is 5.14. The minimum atomic E-state index is -0.893. The lowest BCUT2D eigenvalue weighted by Gasteiger charge is -2.15. The quantitative estimate of drug-likeness (QED) is 0.917. The van der Waals surface area contributed by atoms with E-state index >= 15 is 0 Å². The fourth-order valence-electron chi connectivity index (χ4n) is 2.25. The highest BCUT2D eigenvalue weighted by atomic mass is 16.4. The first kappa shape index (κ1) is 14.2. The van der Waals surface area contributed by atoms with E-state index in [1.54, 1.807) is 6.92 Å². The minimum absolute atomic E-state index is 0.0238. The lowest BCUT2D eigenvalue weighted by atomic mass is 9.98. The smallest absolute Gasteiger partial charge is 0.303 e. The molecule has 1 heterocycles. The molecule has 1 aromatic carbocycles. The number of carbonyl (C=O) groups is 2. The second kappa shape index (κ2) is 5.45. The maximum atomic E-state index is 12.3. The average Bonchev–Trinajstić information content (AvgIpc) is 2.66. The third kappa shape index (κ3) is 2.71. The van der Waals surface area contributed by atoms with Crippen molar-refractivity contribution < 1.29 is 14.7 Å². The molecule has 5 nitrogen and oxygen atoms in total. The van der Waals surface area contributed by atoms with Gasteiger partial charge in [0, 0.05) is 12.1 Å². The molecule has 0 saturated carbocycles. The van der Waals surface area contributed by atoms with Gasteiger partial charge in [-0.3, -0.25) is 9.59 Å². The number of benzene rings is 1. The first-order valence-electron chi connectivity index (χ1n) is 6.58. The van der Waals surface area contributed by atoms with Crippen LogP contribution in [0.3, 0.4) is 0 Å². The highest BCUT2D eigenvalue weighted by Gasteiger charge is 2.34. The van der Waals surface area contributed by atoms with Gasteiger partial charge in [0.1, 0.15) is 0 Å². The van der Waals surface area contributed by atoms with Crippen LogP contribution in [-0.4, -0.2) is 22.7 Å². The number of amides is 1. The van der Waals surface area contributed by atoms with Crippen LogP contribution >= 0.6 is 0 Å². The number of aryl methyl sites for hydroxylation is 2. The largest absolute Gasteiger partial charge is 0.481 e. The molecule has 2 rings (SSSR count). The average molecular weight is 274 g/mol. The second-order valence-corrected chi connectivity index (χ2v) is 5.14. The van der Waals surface area contributed by atoms with Gasteiger partial charge in [0.15, 0.2) is 0 Å². The normalized spacial score (nSPS) is 18.4. The third-order valence-corrected chi connectivity index (χ3v) is 3.65. The third-order valence-electron chi connectivity index (χ3n) is 3.65. The molecule has 1 aliphatic heterocycles. The van der Waals surface area contributed by atoms with E-state index in [0.29, 0.717) is 12.1 Å². The highest BCUT2D eigenvalue weighted by molar-refractivity contribution is 6.14. The number of hydrogen-bond donors (Lipinski definition) is 1. The van der Waals surface area contributed by atoms with Crippen molar-refractivity contribution in [3.8, 4) is 0 Å². The molecule has 1 aliphatic rings. The molecular formula is C15H18N2O3. The van der Waals surface area contributed by atoms with Gasteiger partial charge in [-0.05, 0) is 50.5 Å². The van der Waals surface area contributed by atoms with Crippen LogP contribution in [0, 0.1) is 19.8 Å². The van der Waals surface area contributed by atoms with Crippen molar-refractivity contribution in [3.63, 3.8) is 0 Å². The number of nitrogens with zero attached hydrogens (tertiary/aromatic N) is 2. The summed E-state index contributed by atoms with van der Waals surface area (Å²) in [5, 5.41) is 14.4. The Balaban J connectivity index is 2.20. The van der Waals surface area contributed by atoms with Crippen LogP contribution in [0.4, 0.5) is 5.69 Å². The Bertz CT molecular complexity index is 593. The van der Waals surface area contributed by atoms with Gasteiger partial charge in [-0.15, -0.1) is 0 Å². The molecule has 1 aromatic rings. The van der Waals surface area contributed by atoms with E-state index in [-0.39, 0.29) is 12.3 Å². The zero-order chi connectivity index (χ0) is 14.9. The number of anilines is 1. The lowest BCUT2D eigenvalue weighted by Crippen LogP contribution is -2.27. The van der Waals surface area contributed by atoms with E-state index in [2.05, 4.69) is 5.10 Å². The van der Waals surface area contributed by atoms with Crippen LogP contribution in [0.5, 0.6) is 0 Å². The number of aliphatic carboxylic acids is 1. The molecule has 1 amide bonds. The predicted octanol–water partition coefficient (Wildman–Crippen LogP) is 2.51. The summed E-state index contributed by atoms with van der Waals surface area (Å²) in [6.07, 6.45) is 0.273. The van der Waals surface area contributed by atoms with Crippen LogP contribution in [0.25, 0.3) is 0 Å². The van der Waals surface area contributed by atoms with E-state index in [0.717, 1.165) is 16.8 Å². The Labute approximate surface area is 117 Å². The molecule has 106 valence electrons. The molecule has 0 saturated heterocycles. The lowest BCUT2D eigenvalue weighted by molar-refractivity contribution is -0.137. The van der Waals surface area contributed by atoms with E-state index in [9.17, 15) is 9.59 Å². The first-order chi connectivity index (χ1) is 9.40. The van der Waals surface area contributed by atoms with Gasteiger partial charge in [-0.25, -0.2) is 5.01 Å². The number of hydrogen-bond acceptors (Lipinski definition) is 3. The molecule has 20 heavy (non-hydrogen) atoms. The summed E-state index contributed by atoms with van der Waals surface area (Å²) in [6.45, 7) is 5.76. The Morgan fingerprint density at radius 3 is 2.60 bits per heavy atom. The van der Waals surface area contributed by atoms with Crippen LogP contribution < -0.4 is 5.01 Å². The van der Waals surface area contributed by atoms with E-state index < -0.39 is 11.9 Å². The molecule has 1 atom stereocenters. The first-order valence-corrected chi connectivity index (χ1v) is 6.58. The minimum Gasteiger partial charge on any atom is -0.481 e. The monoisotopic (exact) mass is 274 g/mol. The van der Waals surface area contributed by atoms with Crippen LogP contribution in [-0.2, 0) is 9.59 Å². The predicted molar refractivity (Wildman–Crippen MR) is 76.9 cm³/mol. The van der Waals surface area contributed by atoms with Gasteiger partial charge in [0.2, 0.25) is 0 Å². The topological polar surface area (TPSA) is 70.0 Å². The number of carbonyl (C=O) groups excluding carboxylic acids is 1. The molecule has 5 heteroatoms. The molecule has 0 spiro atoms. The van der Waals surface area contributed by atoms with Crippen molar-refractivity contribution in [3.05, 3.63) is 29.3 Å². The SMILES string of the molecule is CC1=NN(c2ccc(C)c(C)c2)C(=O)[C@H]1CCC(=O)O. The van der Waals surface area contributed by atoms with Crippen molar-refractivity contribution >= 4 is 23.3 Å². The molecule has 0 radical (unpaired) electrons. The number of carboxylic acids is 1. The highest BCUT2D eigenvalue weighted by Crippen LogP contribution is 2.27. The zero-order valence-corrected chi connectivity index (χ0v) is 11.9. The van der Waals surface area contributed by atoms with E-state index in [1.165, 1.54) is 5.01 Å². The Morgan fingerprint density at radius 2 is 2.00 bits per heavy atom. The van der Waals surface area contributed by atoms with Gasteiger partial charge in [0.05, 0.1) is 11.6 Å². The Hall–Kier alpha value is -2.17. The fraction of sp³-hybridized carbons (Fsp3) is 0.400. The fourth-order valence-corrected chi connectivity index (χ4v) is 2.25. The molecule has 0 bridgehead atoms. The number of carboxylic acid groups (broad SMARTS) is 1. The van der Waals surface area contributed by atoms with Crippen LogP contribution in [0.15, 0.2) is 23.3 Å². The van der Waals surface area contributed by atoms with Crippen molar-refractivity contribution in [2.24, 2.45) is 11.0 Å². The summed E-state index contributed by atoms with van der Waals surface area (Å²) >= 11 is 0. The molecule has 0 fully saturated rings. The van der Waals surface area contributed by atoms with Gasteiger partial charge >= 0.3 is 5.97 Å². The van der Waals surface area contributed by atoms with Crippen molar-refractivity contribution in [1.82, 2.24) is 0 Å². The summed E-state index contributed by atoms with van der Waals surface area (Å²) in [7, 11) is 0. The summed E-state index contributed by atoms with van der Waals surface area (Å²) in [5.74, 6) is -1.46. The van der Waals surface area contributed by atoms with Gasteiger partial charge in [-0.1, -0.05) is 6.07 Å². The summed E-state index contributed by atoms with van der Waals surface area (Å²) < 4.78 is 0. The molecule has 0 unspecified atom stereocenters. The molecule has 0 aliphatic carbocycles. The maximum Gasteiger partial charge on any atom is 0.303 e. The van der Waals surface area contributed by atoms with Gasteiger partial charge in [0.25, 0.3) is 5.91 Å². The zero-order valence-electron chi connectivity index (χ0n) is 11.9. The van der Waals surface area contributed by atoms with Crippen molar-refractivity contribution in [2.45, 2.75) is 33.6 Å². The van der Waals surface area contributed by atoms with E-state index in [4.69, 9.17) is 5.11 Å². The summed E-state index contributed by atoms with van der Waals surface area (Å²) in [4.78, 5) is 23.0. The molecule has 1 N–H and O–H groups in total. The van der Waals surface area contributed by atoms with Gasteiger partial charge in [-0.2, -0.15) is 5.10 Å². The molecule has 0 aromatic heterocycles. The van der Waals surface area contributed by atoms with Crippen LogP contribution in [0.2, 0.25) is 0 Å². The Kier molecular flexibility index (Phi) is 3.88. The standard InChI is InChI=1S/C15H18N2O3/c1-9-4-5-12(8-10(9)2)17-15(20)13(11(3)16-17)6-7-14(18)19/h4-5,8,13H,6-7H2,1-3H3,(H,18,19)/t13-/m0/s1. The molecular weight excluding hydrogens is 256 g/mol. The summed E-state index contributed by atoms with van der Waals surface area (Å²) in [6, 6.07) is 5.73. The van der Waals surface area contributed by atoms with E-state index in [1.807, 2.05) is 32.0 Å². The van der Waals surface area contributed by atoms with Crippen molar-refractivity contribution in [2.75, 3.05) is 5.01 Å². The van der Waals surface area contributed by atoms with Crippen LogP contribution in [0.1, 0.15) is 30.9 Å². The van der Waals surface area contributed by atoms with Gasteiger partial charge < -0.3 is 5.11 Å². The van der Waals surface area contributed by atoms with Crippen molar-refractivity contribution in [1.29, 1.82) is 0 Å². The maximum absolute atomic E-state index is 12.3. The Morgan fingerprint density at radius 1 is 1.30 bits per heavy atom.